The Morgan fingerprint density at radius 2 is 1.02 bits per heavy atom. The van der Waals surface area contributed by atoms with E-state index in [-0.39, 0.29) is 0 Å². The molecule has 0 spiro atoms. The summed E-state index contributed by atoms with van der Waals surface area (Å²) in [7, 11) is 0. The minimum Gasteiger partial charge on any atom is -0.246 e. The number of para-hydroxylation sites is 1. The molecular weight excluding hydrogens is 641 g/mol. The van der Waals surface area contributed by atoms with Crippen LogP contribution in [0.5, 0.6) is 0 Å². The first-order valence-corrected chi connectivity index (χ1v) is 17.6. The summed E-state index contributed by atoms with van der Waals surface area (Å²) in [6.07, 6.45) is 0. The predicted molar refractivity (Wildman–Crippen MR) is 210 cm³/mol. The summed E-state index contributed by atoms with van der Waals surface area (Å²) in [6, 6.07) is 60.4. The van der Waals surface area contributed by atoms with Crippen LogP contribution in [0.25, 0.3) is 88.4 Å². The topological polar surface area (TPSA) is 62.5 Å². The molecule has 0 aliphatic carbocycles. The summed E-state index contributed by atoms with van der Waals surface area (Å²) in [5.41, 5.74) is 11.7. The van der Waals surface area contributed by atoms with E-state index in [1.807, 2.05) is 72.8 Å². The number of thiophene rings is 1. The lowest BCUT2D eigenvalue weighted by molar-refractivity contribution is 1.18. The standard InChI is InChI=1S/C46H28N4S/c47-29-41-42(43-37-21-10-11-22-38(37)48-44(45(43)51-41)33-15-6-2-7-16-33)32-25-23-31(24-26-32)39-28-40(50-46(49-39)34-17-8-3-9-18-34)36-20-12-19-35(27-36)30-13-4-1-5-14-30/h1-28H. The third-order valence-corrected chi connectivity index (χ3v) is 10.3. The Bertz CT molecular complexity index is 2730. The second-order valence-corrected chi connectivity index (χ2v) is 13.3. The molecule has 0 saturated heterocycles. The first-order valence-electron chi connectivity index (χ1n) is 16.8. The lowest BCUT2D eigenvalue weighted by atomic mass is 9.96. The molecule has 0 fully saturated rings. The summed E-state index contributed by atoms with van der Waals surface area (Å²) in [5.74, 6) is 0.667. The van der Waals surface area contributed by atoms with E-state index < -0.39 is 0 Å². The van der Waals surface area contributed by atoms with Crippen molar-refractivity contribution in [2.75, 3.05) is 0 Å². The number of fused-ring (bicyclic) bond motifs is 3. The van der Waals surface area contributed by atoms with Crippen molar-refractivity contribution in [3.63, 3.8) is 0 Å². The Balaban J connectivity index is 1.19. The molecule has 0 unspecified atom stereocenters. The number of pyridine rings is 1. The number of benzene rings is 6. The van der Waals surface area contributed by atoms with Crippen molar-refractivity contribution in [2.45, 2.75) is 0 Å². The quantitative estimate of drug-likeness (QED) is 0.177. The molecule has 5 heteroatoms. The van der Waals surface area contributed by atoms with Crippen molar-refractivity contribution in [1.82, 2.24) is 15.0 Å². The van der Waals surface area contributed by atoms with Crippen LogP contribution in [0.2, 0.25) is 0 Å². The number of hydrogen-bond donors (Lipinski definition) is 0. The molecule has 0 N–H and O–H groups in total. The zero-order valence-electron chi connectivity index (χ0n) is 27.4. The molecule has 9 aromatic rings. The molecule has 0 saturated carbocycles. The second kappa shape index (κ2) is 12.9. The fraction of sp³-hybridized carbons (Fsp3) is 0. The van der Waals surface area contributed by atoms with Gasteiger partial charge in [-0.3, -0.25) is 0 Å². The SMILES string of the molecule is N#Cc1sc2c(-c3ccccc3)nc3ccccc3c2c1-c1ccc(-c2cc(-c3cccc(-c4ccccc4)c3)nc(-c3ccccc3)n2)cc1. The fourth-order valence-electron chi connectivity index (χ4n) is 6.71. The van der Waals surface area contributed by atoms with Crippen LogP contribution in [0.1, 0.15) is 4.88 Å². The van der Waals surface area contributed by atoms with Gasteiger partial charge in [-0.25, -0.2) is 15.0 Å². The summed E-state index contributed by atoms with van der Waals surface area (Å²) >= 11 is 1.51. The van der Waals surface area contributed by atoms with E-state index in [2.05, 4.69) is 103 Å². The van der Waals surface area contributed by atoms with Crippen LogP contribution in [-0.4, -0.2) is 15.0 Å². The van der Waals surface area contributed by atoms with Crippen molar-refractivity contribution >= 4 is 32.3 Å². The molecule has 0 bridgehead atoms. The maximum atomic E-state index is 10.4. The van der Waals surface area contributed by atoms with Crippen LogP contribution in [0, 0.1) is 11.3 Å². The van der Waals surface area contributed by atoms with Crippen LogP contribution in [-0.2, 0) is 0 Å². The van der Waals surface area contributed by atoms with Gasteiger partial charge in [-0.1, -0.05) is 152 Å². The Labute approximate surface area is 299 Å². The smallest absolute Gasteiger partial charge is 0.160 e. The molecule has 9 rings (SSSR count). The molecule has 4 nitrogen and oxygen atoms in total. The predicted octanol–water partition coefficient (Wildman–Crippen LogP) is 12.1. The zero-order chi connectivity index (χ0) is 34.1. The van der Waals surface area contributed by atoms with E-state index in [9.17, 15) is 5.26 Å². The number of rotatable bonds is 6. The molecule has 0 aliphatic heterocycles. The monoisotopic (exact) mass is 668 g/mol. The largest absolute Gasteiger partial charge is 0.246 e. The minimum absolute atomic E-state index is 0.667. The van der Waals surface area contributed by atoms with Gasteiger partial charge in [0.2, 0.25) is 0 Å². The lowest BCUT2D eigenvalue weighted by Crippen LogP contribution is -1.96. The van der Waals surface area contributed by atoms with Gasteiger partial charge in [0.25, 0.3) is 0 Å². The van der Waals surface area contributed by atoms with Gasteiger partial charge >= 0.3 is 0 Å². The average Bonchev–Trinajstić information content (AvgIpc) is 3.62. The van der Waals surface area contributed by atoms with Crippen molar-refractivity contribution in [3.05, 3.63) is 175 Å². The van der Waals surface area contributed by atoms with Gasteiger partial charge in [-0.2, -0.15) is 5.26 Å². The van der Waals surface area contributed by atoms with E-state index in [0.29, 0.717) is 10.7 Å². The number of nitriles is 1. The first kappa shape index (κ1) is 30.3. The van der Waals surface area contributed by atoms with Crippen molar-refractivity contribution in [1.29, 1.82) is 5.26 Å². The van der Waals surface area contributed by atoms with Gasteiger partial charge in [0.05, 0.1) is 27.3 Å². The summed E-state index contributed by atoms with van der Waals surface area (Å²) in [4.78, 5) is 15.9. The van der Waals surface area contributed by atoms with Crippen LogP contribution in [0.3, 0.4) is 0 Å². The van der Waals surface area contributed by atoms with Gasteiger partial charge in [0.15, 0.2) is 5.82 Å². The highest BCUT2D eigenvalue weighted by molar-refractivity contribution is 7.21. The summed E-state index contributed by atoms with van der Waals surface area (Å²) < 4.78 is 1.02. The highest BCUT2D eigenvalue weighted by atomic mass is 32.1. The van der Waals surface area contributed by atoms with Crippen molar-refractivity contribution in [2.24, 2.45) is 0 Å². The van der Waals surface area contributed by atoms with Gasteiger partial charge in [-0.05, 0) is 34.9 Å². The average molecular weight is 669 g/mol. The fourth-order valence-corrected chi connectivity index (χ4v) is 7.86. The Morgan fingerprint density at radius 1 is 0.451 bits per heavy atom. The van der Waals surface area contributed by atoms with E-state index >= 15 is 0 Å². The Kier molecular flexibility index (Phi) is 7.70. The molecular formula is C46H28N4S. The Morgan fingerprint density at radius 3 is 1.73 bits per heavy atom. The van der Waals surface area contributed by atoms with E-state index in [1.54, 1.807) is 0 Å². The summed E-state index contributed by atoms with van der Waals surface area (Å²) in [5, 5.41) is 12.5. The van der Waals surface area contributed by atoms with Crippen LogP contribution >= 0.6 is 11.3 Å². The number of aromatic nitrogens is 3. The van der Waals surface area contributed by atoms with E-state index in [1.165, 1.54) is 11.3 Å². The highest BCUT2D eigenvalue weighted by Gasteiger charge is 2.21. The molecule has 3 aromatic heterocycles. The highest BCUT2D eigenvalue weighted by Crippen LogP contribution is 2.46. The van der Waals surface area contributed by atoms with Gasteiger partial charge in [-0.15, -0.1) is 11.3 Å². The van der Waals surface area contributed by atoms with Crippen LogP contribution in [0.15, 0.2) is 170 Å². The van der Waals surface area contributed by atoms with E-state index in [4.69, 9.17) is 15.0 Å². The van der Waals surface area contributed by atoms with Crippen LogP contribution in [0.4, 0.5) is 0 Å². The van der Waals surface area contributed by atoms with Crippen LogP contribution < -0.4 is 0 Å². The molecule has 0 atom stereocenters. The molecule has 51 heavy (non-hydrogen) atoms. The summed E-state index contributed by atoms with van der Waals surface area (Å²) in [6.45, 7) is 0. The third kappa shape index (κ3) is 5.64. The second-order valence-electron chi connectivity index (χ2n) is 12.3. The van der Waals surface area contributed by atoms with E-state index in [0.717, 1.165) is 82.6 Å². The van der Waals surface area contributed by atoms with Crippen molar-refractivity contribution < 1.29 is 0 Å². The van der Waals surface area contributed by atoms with Crippen molar-refractivity contribution in [3.8, 4) is 73.5 Å². The van der Waals surface area contributed by atoms with Gasteiger partial charge in [0.1, 0.15) is 10.9 Å². The Hall–Kier alpha value is -6.74. The number of nitrogens with zero attached hydrogens (tertiary/aromatic N) is 4. The normalized spacial score (nSPS) is 11.1. The molecule has 3 heterocycles. The molecule has 6 aromatic carbocycles. The van der Waals surface area contributed by atoms with Gasteiger partial charge in [0, 0.05) is 38.6 Å². The maximum Gasteiger partial charge on any atom is 0.160 e. The number of hydrogen-bond acceptors (Lipinski definition) is 5. The lowest BCUT2D eigenvalue weighted by Gasteiger charge is -2.11. The molecule has 238 valence electrons. The van der Waals surface area contributed by atoms with Gasteiger partial charge < -0.3 is 0 Å². The first-order chi connectivity index (χ1) is 25.2. The molecule has 0 aliphatic rings. The molecule has 0 radical (unpaired) electrons. The molecule has 0 amide bonds. The minimum atomic E-state index is 0.667. The maximum absolute atomic E-state index is 10.4. The zero-order valence-corrected chi connectivity index (χ0v) is 28.2. The third-order valence-electron chi connectivity index (χ3n) is 9.17.